The van der Waals surface area contributed by atoms with Gasteiger partial charge in [-0.1, -0.05) is 131 Å². The average molecular weight is 475 g/mol. The average Bonchev–Trinajstić information content (AvgIpc) is 3.27. The Morgan fingerprint density at radius 3 is 2.17 bits per heavy atom. The molecular formula is C36H42. The van der Waals surface area contributed by atoms with Crippen molar-refractivity contribution in [2.45, 2.75) is 64.7 Å². The summed E-state index contributed by atoms with van der Waals surface area (Å²) in [6.45, 7) is 19.3. The zero-order valence-electron chi connectivity index (χ0n) is 22.5. The van der Waals surface area contributed by atoms with Crippen molar-refractivity contribution in [2.75, 3.05) is 0 Å². The maximum Gasteiger partial charge on any atom is 0.00764 e. The summed E-state index contributed by atoms with van der Waals surface area (Å²) in [6.07, 6.45) is 7.19. The van der Waals surface area contributed by atoms with Crippen molar-refractivity contribution in [3.05, 3.63) is 143 Å². The lowest BCUT2D eigenvalue weighted by atomic mass is 9.80. The molecule has 0 radical (unpaired) electrons. The Kier molecular flexibility index (Phi) is 8.47. The fourth-order valence-electron chi connectivity index (χ4n) is 5.87. The van der Waals surface area contributed by atoms with Crippen LogP contribution in [0, 0.1) is 11.8 Å². The Hall–Kier alpha value is -3.12. The molecule has 186 valence electrons. The third-order valence-corrected chi connectivity index (χ3v) is 8.07. The molecule has 1 aliphatic carbocycles. The van der Waals surface area contributed by atoms with Crippen LogP contribution in [0.1, 0.15) is 78.8 Å². The predicted octanol–water partition coefficient (Wildman–Crippen LogP) is 9.61. The number of benzene rings is 3. The van der Waals surface area contributed by atoms with Gasteiger partial charge in [0.25, 0.3) is 0 Å². The second-order valence-corrected chi connectivity index (χ2v) is 11.2. The minimum atomic E-state index is 0.485. The first-order valence-electron chi connectivity index (χ1n) is 13.6. The second kappa shape index (κ2) is 11.7. The molecule has 3 aromatic rings. The van der Waals surface area contributed by atoms with E-state index < -0.39 is 0 Å². The summed E-state index contributed by atoms with van der Waals surface area (Å²) in [5.74, 6) is 2.43. The van der Waals surface area contributed by atoms with E-state index in [1.54, 1.807) is 0 Å². The largest absolute Gasteiger partial charge is 0.0992 e. The minimum Gasteiger partial charge on any atom is -0.0992 e. The van der Waals surface area contributed by atoms with Crippen molar-refractivity contribution >= 4 is 0 Å². The lowest BCUT2D eigenvalue weighted by molar-refractivity contribution is 0.368. The molecule has 3 atom stereocenters. The SMILES string of the molecule is C=CC(=C)Cc1ccc(Cc2ccc([C@H](C)Cc3cccc(C4C(=C)CC[C@@H]4C(C)C)c3)cc2)cc1. The van der Waals surface area contributed by atoms with Crippen LogP contribution in [0.3, 0.4) is 0 Å². The van der Waals surface area contributed by atoms with Crippen LogP contribution in [0.25, 0.3) is 0 Å². The minimum absolute atomic E-state index is 0.485. The molecule has 1 saturated carbocycles. The number of hydrogen-bond donors (Lipinski definition) is 0. The Morgan fingerprint density at radius 1 is 0.889 bits per heavy atom. The molecule has 0 saturated heterocycles. The van der Waals surface area contributed by atoms with Crippen molar-refractivity contribution in [2.24, 2.45) is 11.8 Å². The van der Waals surface area contributed by atoms with Crippen LogP contribution in [0.15, 0.2) is 110 Å². The maximum atomic E-state index is 4.43. The number of rotatable bonds is 10. The van der Waals surface area contributed by atoms with Gasteiger partial charge in [-0.15, -0.1) is 0 Å². The van der Waals surface area contributed by atoms with Crippen molar-refractivity contribution < 1.29 is 0 Å². The van der Waals surface area contributed by atoms with Gasteiger partial charge in [0.1, 0.15) is 0 Å². The quantitative estimate of drug-likeness (QED) is 0.203. The maximum absolute atomic E-state index is 4.43. The van der Waals surface area contributed by atoms with Crippen molar-refractivity contribution in [3.63, 3.8) is 0 Å². The third-order valence-electron chi connectivity index (χ3n) is 8.07. The lowest BCUT2D eigenvalue weighted by Gasteiger charge is -2.25. The van der Waals surface area contributed by atoms with E-state index in [1.165, 1.54) is 51.8 Å². The molecular weight excluding hydrogens is 432 g/mol. The van der Waals surface area contributed by atoms with Gasteiger partial charge in [-0.2, -0.15) is 0 Å². The van der Waals surface area contributed by atoms with Crippen LogP contribution in [-0.4, -0.2) is 0 Å². The van der Waals surface area contributed by atoms with E-state index in [2.05, 4.69) is 113 Å². The summed E-state index contributed by atoms with van der Waals surface area (Å²) in [5.41, 5.74) is 10.8. The standard InChI is InChI=1S/C36H42/c1-7-26(4)21-29-12-14-30(15-13-29)23-31-16-18-33(19-17-31)28(6)22-32-9-8-10-34(24-32)36-27(5)11-20-35(36)25(2)3/h7-10,12-19,24-25,28,35-36H,1,4-5,11,20-23H2,2-3,6H3/t28-,35-,36?/m1/s1. The molecule has 0 heterocycles. The Morgan fingerprint density at radius 2 is 1.53 bits per heavy atom. The van der Waals surface area contributed by atoms with Gasteiger partial charge in [-0.3, -0.25) is 0 Å². The summed E-state index contributed by atoms with van der Waals surface area (Å²) >= 11 is 0. The highest BCUT2D eigenvalue weighted by molar-refractivity contribution is 5.37. The van der Waals surface area contributed by atoms with E-state index in [0.717, 1.165) is 30.8 Å². The summed E-state index contributed by atoms with van der Waals surface area (Å²) < 4.78 is 0. The van der Waals surface area contributed by atoms with Crippen molar-refractivity contribution in [1.82, 2.24) is 0 Å². The molecule has 1 fully saturated rings. The Balaban J connectivity index is 1.39. The fourth-order valence-corrected chi connectivity index (χ4v) is 5.87. The molecule has 0 spiro atoms. The van der Waals surface area contributed by atoms with E-state index in [9.17, 15) is 0 Å². The zero-order chi connectivity index (χ0) is 25.7. The van der Waals surface area contributed by atoms with E-state index in [1.807, 2.05) is 6.08 Å². The molecule has 0 nitrogen and oxygen atoms in total. The second-order valence-electron chi connectivity index (χ2n) is 11.2. The Bertz CT molecular complexity index is 1190. The summed E-state index contributed by atoms with van der Waals surface area (Å²) in [6, 6.07) is 27.4. The normalized spacial score (nSPS) is 18.4. The molecule has 0 heteroatoms. The summed E-state index contributed by atoms with van der Waals surface area (Å²) in [5, 5.41) is 0. The van der Waals surface area contributed by atoms with Gasteiger partial charge in [0, 0.05) is 5.92 Å². The summed E-state index contributed by atoms with van der Waals surface area (Å²) in [4.78, 5) is 0. The lowest BCUT2D eigenvalue weighted by Crippen LogP contribution is -2.13. The first-order valence-corrected chi connectivity index (χ1v) is 13.6. The molecule has 0 bridgehead atoms. The van der Waals surface area contributed by atoms with E-state index in [4.69, 9.17) is 0 Å². The van der Waals surface area contributed by atoms with Crippen molar-refractivity contribution in [3.8, 4) is 0 Å². The van der Waals surface area contributed by atoms with E-state index >= 15 is 0 Å². The molecule has 0 amide bonds. The molecule has 4 rings (SSSR count). The number of hydrogen-bond acceptors (Lipinski definition) is 0. The van der Waals surface area contributed by atoms with E-state index in [0.29, 0.717) is 17.8 Å². The first kappa shape index (κ1) is 26.0. The highest BCUT2D eigenvalue weighted by Gasteiger charge is 2.33. The first-order chi connectivity index (χ1) is 17.3. The molecule has 0 N–H and O–H groups in total. The van der Waals surface area contributed by atoms with Gasteiger partial charge in [-0.25, -0.2) is 0 Å². The topological polar surface area (TPSA) is 0 Å². The zero-order valence-corrected chi connectivity index (χ0v) is 22.5. The van der Waals surface area contributed by atoms with Crippen LogP contribution < -0.4 is 0 Å². The van der Waals surface area contributed by atoms with Gasteiger partial charge in [0.15, 0.2) is 0 Å². The molecule has 1 aliphatic rings. The monoisotopic (exact) mass is 474 g/mol. The van der Waals surface area contributed by atoms with Gasteiger partial charge in [-0.05, 0) is 83.2 Å². The molecule has 0 aliphatic heterocycles. The highest BCUT2D eigenvalue weighted by atomic mass is 14.4. The van der Waals surface area contributed by atoms with Crippen LogP contribution in [0.5, 0.6) is 0 Å². The third kappa shape index (κ3) is 6.35. The fraction of sp³-hybridized carbons (Fsp3) is 0.333. The van der Waals surface area contributed by atoms with Gasteiger partial charge >= 0.3 is 0 Å². The van der Waals surface area contributed by atoms with E-state index in [-0.39, 0.29) is 0 Å². The Labute approximate surface area is 219 Å². The predicted molar refractivity (Wildman–Crippen MR) is 157 cm³/mol. The molecule has 36 heavy (non-hydrogen) atoms. The van der Waals surface area contributed by atoms with Gasteiger partial charge in [0.05, 0.1) is 0 Å². The van der Waals surface area contributed by atoms with Crippen LogP contribution >= 0.6 is 0 Å². The summed E-state index contributed by atoms with van der Waals surface area (Å²) in [7, 11) is 0. The molecule has 3 aromatic carbocycles. The van der Waals surface area contributed by atoms with Gasteiger partial charge in [0.2, 0.25) is 0 Å². The molecule has 1 unspecified atom stereocenters. The molecule has 0 aromatic heterocycles. The van der Waals surface area contributed by atoms with Crippen LogP contribution in [0.2, 0.25) is 0 Å². The van der Waals surface area contributed by atoms with Crippen molar-refractivity contribution in [1.29, 1.82) is 0 Å². The number of allylic oxidation sites excluding steroid dienone is 3. The van der Waals surface area contributed by atoms with Gasteiger partial charge < -0.3 is 0 Å². The highest BCUT2D eigenvalue weighted by Crippen LogP contribution is 2.46. The van der Waals surface area contributed by atoms with Crippen LogP contribution in [-0.2, 0) is 19.3 Å². The smallest absolute Gasteiger partial charge is 0.00764 e. The van der Waals surface area contributed by atoms with Crippen LogP contribution in [0.4, 0.5) is 0 Å².